The Hall–Kier alpha value is -5.17. The molecule has 5 aromatic rings. The van der Waals surface area contributed by atoms with Gasteiger partial charge in [-0.25, -0.2) is 9.48 Å². The summed E-state index contributed by atoms with van der Waals surface area (Å²) >= 11 is 0. The first kappa shape index (κ1) is 24.5. The summed E-state index contributed by atoms with van der Waals surface area (Å²) in [5.74, 6) is -1.59. The Morgan fingerprint density at radius 2 is 1.61 bits per heavy atom. The minimum Gasteiger partial charge on any atom is -0.508 e. The molecule has 188 valence electrons. The zero-order valence-electron chi connectivity index (χ0n) is 20.4. The lowest BCUT2D eigenvalue weighted by Crippen LogP contribution is -2.41. The van der Waals surface area contributed by atoms with Crippen LogP contribution in [0.1, 0.15) is 11.1 Å². The molecule has 0 fully saturated rings. The monoisotopic (exact) mass is 503 g/mol. The zero-order chi connectivity index (χ0) is 26.5. The summed E-state index contributed by atoms with van der Waals surface area (Å²) in [5.41, 5.74) is 3.86. The van der Waals surface area contributed by atoms with E-state index >= 15 is 0 Å². The molecule has 1 atom stereocenters. The highest BCUT2D eigenvalue weighted by Gasteiger charge is 2.20. The van der Waals surface area contributed by atoms with E-state index in [1.807, 2.05) is 72.9 Å². The van der Waals surface area contributed by atoms with Crippen LogP contribution < -0.4 is 5.32 Å². The molecule has 7 heteroatoms. The summed E-state index contributed by atoms with van der Waals surface area (Å²) in [6, 6.07) is 28.9. The van der Waals surface area contributed by atoms with Gasteiger partial charge in [0.05, 0.1) is 11.4 Å². The van der Waals surface area contributed by atoms with Gasteiger partial charge in [-0.1, -0.05) is 66.7 Å². The van der Waals surface area contributed by atoms with Gasteiger partial charge in [-0.05, 0) is 52.7 Å². The number of nitrogens with zero attached hydrogens (tertiary/aromatic N) is 2. The maximum atomic E-state index is 12.7. The summed E-state index contributed by atoms with van der Waals surface area (Å²) < 4.78 is 1.76. The average Bonchev–Trinajstić information content (AvgIpc) is 3.37. The number of fused-ring (bicyclic) bond motifs is 1. The van der Waals surface area contributed by atoms with E-state index < -0.39 is 17.9 Å². The van der Waals surface area contributed by atoms with Crippen molar-refractivity contribution >= 4 is 28.7 Å². The molecule has 1 amide bonds. The fourth-order valence-electron chi connectivity index (χ4n) is 4.24. The Balaban J connectivity index is 1.43. The second-order valence-corrected chi connectivity index (χ2v) is 8.88. The molecule has 1 heterocycles. The van der Waals surface area contributed by atoms with E-state index in [1.165, 1.54) is 18.2 Å². The number of hydrogen-bond acceptors (Lipinski definition) is 4. The van der Waals surface area contributed by atoms with Crippen LogP contribution >= 0.6 is 0 Å². The lowest BCUT2D eigenvalue weighted by molar-refractivity contribution is -0.141. The molecule has 1 unspecified atom stereocenters. The molecule has 7 nitrogen and oxygen atoms in total. The van der Waals surface area contributed by atoms with E-state index in [2.05, 4.69) is 11.4 Å². The molecule has 0 saturated carbocycles. The molecular weight excluding hydrogens is 478 g/mol. The summed E-state index contributed by atoms with van der Waals surface area (Å²) in [5, 5.41) is 28.6. The number of amides is 1. The molecule has 3 N–H and O–H groups in total. The molecular formula is C31H25N3O4. The van der Waals surface area contributed by atoms with Crippen molar-refractivity contribution in [1.82, 2.24) is 15.1 Å². The predicted octanol–water partition coefficient (Wildman–Crippen LogP) is 5.22. The number of benzene rings is 4. The van der Waals surface area contributed by atoms with Crippen molar-refractivity contribution in [3.63, 3.8) is 0 Å². The topological polar surface area (TPSA) is 104 Å². The van der Waals surface area contributed by atoms with Gasteiger partial charge >= 0.3 is 5.97 Å². The van der Waals surface area contributed by atoms with Crippen LogP contribution in [0.2, 0.25) is 0 Å². The molecule has 0 aliphatic carbocycles. The van der Waals surface area contributed by atoms with E-state index in [9.17, 15) is 19.8 Å². The van der Waals surface area contributed by atoms with Crippen LogP contribution in [-0.4, -0.2) is 37.9 Å². The number of aromatic hydroxyl groups is 1. The van der Waals surface area contributed by atoms with Crippen LogP contribution in [0.3, 0.4) is 0 Å². The smallest absolute Gasteiger partial charge is 0.326 e. The third kappa shape index (κ3) is 5.63. The van der Waals surface area contributed by atoms with Crippen LogP contribution in [0.5, 0.6) is 5.75 Å². The van der Waals surface area contributed by atoms with Crippen molar-refractivity contribution in [3.05, 3.63) is 120 Å². The molecule has 5 rings (SSSR count). The SMILES string of the molecule is O=C(/C=C/c1cn(-c2ccccc2)nc1-c1ccc2ccccc2c1)NC(Cc1ccc(O)cc1)C(=O)O. The molecule has 0 bridgehead atoms. The van der Waals surface area contributed by atoms with Gasteiger partial charge in [0.25, 0.3) is 0 Å². The van der Waals surface area contributed by atoms with Crippen molar-refractivity contribution < 1.29 is 19.8 Å². The van der Waals surface area contributed by atoms with Crippen LogP contribution in [0, 0.1) is 0 Å². The number of aromatic nitrogens is 2. The minimum atomic E-state index is -1.14. The van der Waals surface area contributed by atoms with Crippen molar-refractivity contribution in [2.45, 2.75) is 12.5 Å². The quantitative estimate of drug-likeness (QED) is 0.252. The van der Waals surface area contributed by atoms with E-state index in [-0.39, 0.29) is 12.2 Å². The van der Waals surface area contributed by atoms with Crippen molar-refractivity contribution in [1.29, 1.82) is 0 Å². The zero-order valence-corrected chi connectivity index (χ0v) is 20.4. The largest absolute Gasteiger partial charge is 0.508 e. The van der Waals surface area contributed by atoms with Crippen LogP contribution in [0.15, 0.2) is 109 Å². The lowest BCUT2D eigenvalue weighted by atomic mass is 10.0. The Labute approximate surface area is 219 Å². The minimum absolute atomic E-state index is 0.0868. The van der Waals surface area contributed by atoms with Crippen molar-refractivity contribution in [2.24, 2.45) is 0 Å². The van der Waals surface area contributed by atoms with Gasteiger partial charge in [0.2, 0.25) is 5.91 Å². The number of carbonyl (C=O) groups is 2. The molecule has 0 saturated heterocycles. The summed E-state index contributed by atoms with van der Waals surface area (Å²) in [6.07, 6.45) is 4.90. The molecule has 0 aliphatic heterocycles. The molecule has 4 aromatic carbocycles. The number of carboxylic acids is 1. The predicted molar refractivity (Wildman–Crippen MR) is 147 cm³/mol. The number of carbonyl (C=O) groups excluding carboxylic acids is 1. The number of carboxylic acid groups (broad SMARTS) is 1. The van der Waals surface area contributed by atoms with Crippen LogP contribution in [0.4, 0.5) is 0 Å². The third-order valence-corrected chi connectivity index (χ3v) is 6.19. The highest BCUT2D eigenvalue weighted by Crippen LogP contribution is 2.28. The Bertz CT molecular complexity index is 1620. The van der Waals surface area contributed by atoms with E-state index in [4.69, 9.17) is 5.10 Å². The molecule has 0 spiro atoms. The van der Waals surface area contributed by atoms with Gasteiger partial charge in [0.15, 0.2) is 0 Å². The number of phenolic OH excluding ortho intramolecular Hbond substituents is 1. The van der Waals surface area contributed by atoms with Crippen LogP contribution in [-0.2, 0) is 16.0 Å². The summed E-state index contributed by atoms with van der Waals surface area (Å²) in [6.45, 7) is 0. The van der Waals surface area contributed by atoms with E-state index in [0.29, 0.717) is 16.8 Å². The highest BCUT2D eigenvalue weighted by molar-refractivity contribution is 5.95. The summed E-state index contributed by atoms with van der Waals surface area (Å²) in [4.78, 5) is 24.5. The van der Waals surface area contributed by atoms with Gasteiger partial charge in [0, 0.05) is 29.8 Å². The fourth-order valence-corrected chi connectivity index (χ4v) is 4.24. The number of nitrogens with one attached hydrogen (secondary N) is 1. The van der Waals surface area contributed by atoms with Crippen LogP contribution in [0.25, 0.3) is 33.8 Å². The molecule has 1 aromatic heterocycles. The second-order valence-electron chi connectivity index (χ2n) is 8.88. The van der Waals surface area contributed by atoms with Gasteiger partial charge < -0.3 is 15.5 Å². The van der Waals surface area contributed by atoms with Gasteiger partial charge in [-0.3, -0.25) is 4.79 Å². The second kappa shape index (κ2) is 10.8. The normalized spacial score (nSPS) is 12.0. The average molecular weight is 504 g/mol. The standard InChI is InChI=1S/C31H25N3O4/c35-27-15-10-21(11-16-27)18-28(31(37)38)32-29(36)17-14-25-20-34(26-8-2-1-3-9-26)33-30(25)24-13-12-22-6-4-5-7-23(22)19-24/h1-17,19-20,28,35H,18H2,(H,32,36)(H,37,38)/b17-14+. The van der Waals surface area contributed by atoms with E-state index in [1.54, 1.807) is 22.9 Å². The van der Waals surface area contributed by atoms with Crippen molar-refractivity contribution in [3.8, 4) is 22.7 Å². The highest BCUT2D eigenvalue weighted by atomic mass is 16.4. The maximum absolute atomic E-state index is 12.7. The first-order chi connectivity index (χ1) is 18.5. The number of aliphatic carboxylic acids is 1. The summed E-state index contributed by atoms with van der Waals surface area (Å²) in [7, 11) is 0. The first-order valence-corrected chi connectivity index (χ1v) is 12.1. The fraction of sp³-hybridized carbons (Fsp3) is 0.0645. The number of hydrogen-bond donors (Lipinski definition) is 3. The number of para-hydroxylation sites is 1. The molecule has 0 radical (unpaired) electrons. The Morgan fingerprint density at radius 1 is 0.895 bits per heavy atom. The van der Waals surface area contributed by atoms with Gasteiger partial charge in [0.1, 0.15) is 11.8 Å². The number of rotatable bonds is 8. The van der Waals surface area contributed by atoms with Gasteiger partial charge in [-0.2, -0.15) is 5.10 Å². The van der Waals surface area contributed by atoms with E-state index in [0.717, 1.165) is 22.0 Å². The molecule has 38 heavy (non-hydrogen) atoms. The third-order valence-electron chi connectivity index (χ3n) is 6.19. The first-order valence-electron chi connectivity index (χ1n) is 12.1. The Morgan fingerprint density at radius 3 is 2.34 bits per heavy atom. The Kier molecular flexibility index (Phi) is 6.99. The van der Waals surface area contributed by atoms with Crippen molar-refractivity contribution in [2.75, 3.05) is 0 Å². The maximum Gasteiger partial charge on any atom is 0.326 e. The number of phenols is 1. The lowest BCUT2D eigenvalue weighted by Gasteiger charge is -2.13. The molecule has 0 aliphatic rings. The van der Waals surface area contributed by atoms with Gasteiger partial charge in [-0.15, -0.1) is 0 Å².